The van der Waals surface area contributed by atoms with Crippen molar-refractivity contribution in [3.05, 3.63) is 30.3 Å². The van der Waals surface area contributed by atoms with Crippen LogP contribution in [0, 0.1) is 5.92 Å². The van der Waals surface area contributed by atoms with E-state index < -0.39 is 0 Å². The lowest BCUT2D eigenvalue weighted by Gasteiger charge is -2.37. The molecule has 1 aromatic carbocycles. The van der Waals surface area contributed by atoms with E-state index in [9.17, 15) is 9.59 Å². The molecule has 0 aliphatic carbocycles. The summed E-state index contributed by atoms with van der Waals surface area (Å²) in [5.41, 5.74) is 1.21. The van der Waals surface area contributed by atoms with Gasteiger partial charge < -0.3 is 14.7 Å². The van der Waals surface area contributed by atoms with Gasteiger partial charge in [0, 0.05) is 50.9 Å². The third-order valence-corrected chi connectivity index (χ3v) is 4.84. The zero-order chi connectivity index (χ0) is 16.4. The highest BCUT2D eigenvalue weighted by Gasteiger charge is 2.38. The van der Waals surface area contributed by atoms with Crippen molar-refractivity contribution in [2.75, 3.05) is 37.6 Å². The monoisotopic (exact) mass is 315 g/mol. The fraction of sp³-hybridized carbons (Fsp3) is 0.556. The molecule has 2 fully saturated rings. The maximum atomic E-state index is 12.7. The van der Waals surface area contributed by atoms with Crippen LogP contribution in [0.25, 0.3) is 0 Å². The normalized spacial score (nSPS) is 22.1. The number of hydrogen-bond donors (Lipinski definition) is 0. The number of amides is 2. The number of piperazine rings is 1. The molecule has 2 amide bonds. The molecule has 0 unspecified atom stereocenters. The van der Waals surface area contributed by atoms with Crippen LogP contribution in [0.2, 0.25) is 0 Å². The molecule has 0 radical (unpaired) electrons. The van der Waals surface area contributed by atoms with Gasteiger partial charge in [0.1, 0.15) is 0 Å². The second-order valence-electron chi connectivity index (χ2n) is 6.69. The second-order valence-corrected chi connectivity index (χ2v) is 6.69. The molecule has 0 saturated carbocycles. The molecule has 124 valence electrons. The minimum atomic E-state index is -0.159. The molecule has 0 aromatic heterocycles. The number of hydrogen-bond acceptors (Lipinski definition) is 3. The SMILES string of the molecule is CC(C)N1C[C@@H](C(=O)N2CCN(c3ccccc3)CC2)CC1=O. The van der Waals surface area contributed by atoms with Crippen molar-refractivity contribution < 1.29 is 9.59 Å². The second kappa shape index (κ2) is 6.60. The van der Waals surface area contributed by atoms with E-state index in [1.165, 1.54) is 5.69 Å². The lowest BCUT2D eigenvalue weighted by molar-refractivity contribution is -0.136. The van der Waals surface area contributed by atoms with Crippen molar-refractivity contribution in [3.8, 4) is 0 Å². The first kappa shape index (κ1) is 15.8. The van der Waals surface area contributed by atoms with Crippen molar-refractivity contribution >= 4 is 17.5 Å². The van der Waals surface area contributed by atoms with Crippen LogP contribution in [0.1, 0.15) is 20.3 Å². The minimum absolute atomic E-state index is 0.112. The zero-order valence-electron chi connectivity index (χ0n) is 13.9. The molecule has 5 nitrogen and oxygen atoms in total. The third-order valence-electron chi connectivity index (χ3n) is 4.84. The number of carbonyl (C=O) groups is 2. The van der Waals surface area contributed by atoms with E-state index in [1.807, 2.05) is 41.8 Å². The van der Waals surface area contributed by atoms with Crippen molar-refractivity contribution in [2.45, 2.75) is 26.3 Å². The van der Waals surface area contributed by atoms with E-state index in [0.717, 1.165) is 26.2 Å². The van der Waals surface area contributed by atoms with Crippen molar-refractivity contribution in [1.82, 2.24) is 9.80 Å². The number of carbonyl (C=O) groups excluding carboxylic acids is 2. The Morgan fingerprint density at radius 2 is 1.74 bits per heavy atom. The van der Waals surface area contributed by atoms with Gasteiger partial charge in [0.05, 0.1) is 5.92 Å². The molecule has 5 heteroatoms. The molecule has 0 spiro atoms. The van der Waals surface area contributed by atoms with Gasteiger partial charge in [-0.2, -0.15) is 0 Å². The Balaban J connectivity index is 1.56. The highest BCUT2D eigenvalue weighted by molar-refractivity contribution is 5.89. The Hall–Kier alpha value is -2.04. The van der Waals surface area contributed by atoms with E-state index in [1.54, 1.807) is 0 Å². The van der Waals surface area contributed by atoms with Crippen molar-refractivity contribution in [2.24, 2.45) is 5.92 Å². The van der Waals surface area contributed by atoms with Crippen LogP contribution in [0.4, 0.5) is 5.69 Å². The van der Waals surface area contributed by atoms with Crippen LogP contribution in [0.5, 0.6) is 0 Å². The number of para-hydroxylation sites is 1. The van der Waals surface area contributed by atoms with Gasteiger partial charge in [-0.1, -0.05) is 18.2 Å². The topological polar surface area (TPSA) is 43.9 Å². The van der Waals surface area contributed by atoms with Crippen LogP contribution in [0.3, 0.4) is 0 Å². The summed E-state index contributed by atoms with van der Waals surface area (Å²) in [6.45, 7) is 7.76. The van der Waals surface area contributed by atoms with Crippen molar-refractivity contribution in [1.29, 1.82) is 0 Å². The predicted octanol–water partition coefficient (Wildman–Crippen LogP) is 1.59. The molecule has 2 saturated heterocycles. The Labute approximate surface area is 137 Å². The van der Waals surface area contributed by atoms with Gasteiger partial charge in [-0.3, -0.25) is 9.59 Å². The van der Waals surface area contributed by atoms with Crippen LogP contribution < -0.4 is 4.90 Å². The molecule has 2 heterocycles. The molecule has 0 N–H and O–H groups in total. The summed E-state index contributed by atoms with van der Waals surface area (Å²) in [6, 6.07) is 10.5. The Bertz CT molecular complexity index is 565. The molecular weight excluding hydrogens is 290 g/mol. The quantitative estimate of drug-likeness (QED) is 0.851. The van der Waals surface area contributed by atoms with Gasteiger partial charge in [-0.05, 0) is 26.0 Å². The van der Waals surface area contributed by atoms with Gasteiger partial charge in [0.2, 0.25) is 11.8 Å². The van der Waals surface area contributed by atoms with Gasteiger partial charge in [0.25, 0.3) is 0 Å². The van der Waals surface area contributed by atoms with E-state index in [4.69, 9.17) is 0 Å². The van der Waals surface area contributed by atoms with Crippen LogP contribution in [0.15, 0.2) is 30.3 Å². The van der Waals surface area contributed by atoms with E-state index in [-0.39, 0.29) is 23.8 Å². The van der Waals surface area contributed by atoms with E-state index >= 15 is 0 Å². The molecule has 1 aromatic rings. The zero-order valence-corrected chi connectivity index (χ0v) is 13.9. The Morgan fingerprint density at radius 3 is 2.30 bits per heavy atom. The Morgan fingerprint density at radius 1 is 1.09 bits per heavy atom. The maximum absolute atomic E-state index is 12.7. The van der Waals surface area contributed by atoms with Gasteiger partial charge in [0.15, 0.2) is 0 Å². The number of likely N-dealkylation sites (tertiary alicyclic amines) is 1. The van der Waals surface area contributed by atoms with Gasteiger partial charge in [-0.25, -0.2) is 0 Å². The summed E-state index contributed by atoms with van der Waals surface area (Å²) in [4.78, 5) is 30.7. The number of benzene rings is 1. The number of nitrogens with zero attached hydrogens (tertiary/aromatic N) is 3. The standard InChI is InChI=1S/C18H25N3O2/c1-14(2)21-13-15(12-17(21)22)18(23)20-10-8-19(9-11-20)16-6-4-3-5-7-16/h3-7,14-15H,8-13H2,1-2H3/t15-/m0/s1. The fourth-order valence-electron chi connectivity index (χ4n) is 3.48. The summed E-state index contributed by atoms with van der Waals surface area (Å²) >= 11 is 0. The Kier molecular flexibility index (Phi) is 4.55. The number of rotatable bonds is 3. The largest absolute Gasteiger partial charge is 0.368 e. The van der Waals surface area contributed by atoms with E-state index in [2.05, 4.69) is 17.0 Å². The summed E-state index contributed by atoms with van der Waals surface area (Å²) in [6.07, 6.45) is 0.371. The molecule has 2 aliphatic rings. The van der Waals surface area contributed by atoms with E-state index in [0.29, 0.717) is 13.0 Å². The maximum Gasteiger partial charge on any atom is 0.228 e. The average molecular weight is 315 g/mol. The molecule has 2 aliphatic heterocycles. The molecule has 3 rings (SSSR count). The van der Waals surface area contributed by atoms with Crippen LogP contribution >= 0.6 is 0 Å². The summed E-state index contributed by atoms with van der Waals surface area (Å²) in [7, 11) is 0. The van der Waals surface area contributed by atoms with Gasteiger partial charge >= 0.3 is 0 Å². The lowest BCUT2D eigenvalue weighted by Crippen LogP contribution is -2.50. The highest BCUT2D eigenvalue weighted by Crippen LogP contribution is 2.23. The fourth-order valence-corrected chi connectivity index (χ4v) is 3.48. The molecule has 23 heavy (non-hydrogen) atoms. The summed E-state index contributed by atoms with van der Waals surface area (Å²) < 4.78 is 0. The number of anilines is 1. The first-order chi connectivity index (χ1) is 11.1. The molecule has 0 bridgehead atoms. The smallest absolute Gasteiger partial charge is 0.228 e. The van der Waals surface area contributed by atoms with Gasteiger partial charge in [-0.15, -0.1) is 0 Å². The van der Waals surface area contributed by atoms with Crippen LogP contribution in [-0.4, -0.2) is 60.4 Å². The predicted molar refractivity (Wildman–Crippen MR) is 90.2 cm³/mol. The molecular formula is C18H25N3O2. The van der Waals surface area contributed by atoms with Crippen LogP contribution in [-0.2, 0) is 9.59 Å². The summed E-state index contributed by atoms with van der Waals surface area (Å²) in [5, 5.41) is 0. The average Bonchev–Trinajstić information content (AvgIpc) is 2.97. The first-order valence-corrected chi connectivity index (χ1v) is 8.44. The first-order valence-electron chi connectivity index (χ1n) is 8.44. The lowest BCUT2D eigenvalue weighted by atomic mass is 10.1. The highest BCUT2D eigenvalue weighted by atomic mass is 16.2. The van der Waals surface area contributed by atoms with Crippen molar-refractivity contribution in [3.63, 3.8) is 0 Å². The minimum Gasteiger partial charge on any atom is -0.368 e. The third kappa shape index (κ3) is 3.33. The molecule has 1 atom stereocenters. The summed E-state index contributed by atoms with van der Waals surface area (Å²) in [5.74, 6) is 0.101.